The van der Waals surface area contributed by atoms with Gasteiger partial charge in [-0.1, -0.05) is 6.07 Å². The Kier molecular flexibility index (Phi) is 4.09. The summed E-state index contributed by atoms with van der Waals surface area (Å²) in [5, 5.41) is 12.4. The number of aromatic hydroxyl groups is 1. The number of phenolic OH excluding ortho intramolecular Hbond substituents is 1. The van der Waals surface area contributed by atoms with E-state index in [0.29, 0.717) is 5.56 Å². The monoisotopic (exact) mass is 367 g/mol. The Hall–Kier alpha value is -1.56. The van der Waals surface area contributed by atoms with Crippen molar-refractivity contribution >= 4 is 34.2 Å². The SMILES string of the molecule is Cc1cc(C)cc(NC(=O)c2ccc(I)c(O)c2)c1. The van der Waals surface area contributed by atoms with Crippen LogP contribution >= 0.6 is 22.6 Å². The summed E-state index contributed by atoms with van der Waals surface area (Å²) in [6.45, 7) is 3.97. The van der Waals surface area contributed by atoms with Crippen LogP contribution in [0.1, 0.15) is 21.5 Å². The van der Waals surface area contributed by atoms with Crippen molar-refractivity contribution in [3.05, 3.63) is 56.7 Å². The number of hydrogen-bond acceptors (Lipinski definition) is 2. The normalized spacial score (nSPS) is 10.3. The molecule has 0 saturated heterocycles. The minimum absolute atomic E-state index is 0.119. The van der Waals surface area contributed by atoms with Gasteiger partial charge in [-0.2, -0.15) is 0 Å². The molecule has 2 aromatic rings. The minimum atomic E-state index is -0.225. The van der Waals surface area contributed by atoms with E-state index in [1.165, 1.54) is 6.07 Å². The summed E-state index contributed by atoms with van der Waals surface area (Å²) in [5.41, 5.74) is 3.40. The van der Waals surface area contributed by atoms with Crippen molar-refractivity contribution in [2.45, 2.75) is 13.8 Å². The predicted octanol–water partition coefficient (Wildman–Crippen LogP) is 3.87. The number of amides is 1. The Labute approximate surface area is 125 Å². The van der Waals surface area contributed by atoms with E-state index in [4.69, 9.17) is 0 Å². The van der Waals surface area contributed by atoms with Gasteiger partial charge in [0.2, 0.25) is 0 Å². The van der Waals surface area contributed by atoms with Crippen molar-refractivity contribution in [3.8, 4) is 5.75 Å². The zero-order valence-corrected chi connectivity index (χ0v) is 12.9. The zero-order chi connectivity index (χ0) is 14.0. The standard InChI is InChI=1S/C15H14INO2/c1-9-5-10(2)7-12(6-9)17-15(19)11-3-4-13(16)14(18)8-11/h3-8,18H,1-2H3,(H,17,19). The van der Waals surface area contributed by atoms with E-state index in [2.05, 4.69) is 5.32 Å². The number of carbonyl (C=O) groups excluding carboxylic acids is 1. The Morgan fingerprint density at radius 3 is 2.32 bits per heavy atom. The van der Waals surface area contributed by atoms with Gasteiger partial charge in [0, 0.05) is 11.3 Å². The molecule has 0 heterocycles. The van der Waals surface area contributed by atoms with Gasteiger partial charge in [0.25, 0.3) is 5.91 Å². The third-order valence-electron chi connectivity index (χ3n) is 2.69. The first kappa shape index (κ1) is 13.9. The molecule has 0 aromatic heterocycles. The lowest BCUT2D eigenvalue weighted by molar-refractivity contribution is 0.102. The van der Waals surface area contributed by atoms with Gasteiger partial charge in [-0.05, 0) is 77.9 Å². The highest BCUT2D eigenvalue weighted by Crippen LogP contribution is 2.21. The zero-order valence-electron chi connectivity index (χ0n) is 10.7. The molecule has 3 nitrogen and oxygen atoms in total. The molecule has 0 aliphatic carbocycles. The molecular formula is C15H14INO2. The molecule has 2 N–H and O–H groups in total. The highest BCUT2D eigenvalue weighted by Gasteiger charge is 2.09. The van der Waals surface area contributed by atoms with E-state index in [9.17, 15) is 9.90 Å². The molecule has 0 spiro atoms. The summed E-state index contributed by atoms with van der Waals surface area (Å²) in [6, 6.07) is 10.8. The van der Waals surface area contributed by atoms with Crippen molar-refractivity contribution in [1.82, 2.24) is 0 Å². The average Bonchev–Trinajstić information content (AvgIpc) is 2.31. The molecule has 0 radical (unpaired) electrons. The highest BCUT2D eigenvalue weighted by atomic mass is 127. The number of phenols is 1. The van der Waals surface area contributed by atoms with Crippen molar-refractivity contribution < 1.29 is 9.90 Å². The van der Waals surface area contributed by atoms with Crippen molar-refractivity contribution in [1.29, 1.82) is 0 Å². The lowest BCUT2D eigenvalue weighted by atomic mass is 10.1. The Morgan fingerprint density at radius 1 is 1.11 bits per heavy atom. The molecular weight excluding hydrogens is 353 g/mol. The van der Waals surface area contributed by atoms with E-state index in [1.54, 1.807) is 12.1 Å². The van der Waals surface area contributed by atoms with E-state index in [0.717, 1.165) is 20.4 Å². The first-order valence-corrected chi connectivity index (χ1v) is 6.92. The third kappa shape index (κ3) is 3.47. The molecule has 0 atom stereocenters. The molecule has 4 heteroatoms. The first-order chi connectivity index (χ1) is 8.95. The second kappa shape index (κ2) is 5.61. The number of anilines is 1. The number of carbonyl (C=O) groups is 1. The van der Waals surface area contributed by atoms with Gasteiger partial charge >= 0.3 is 0 Å². The minimum Gasteiger partial charge on any atom is -0.507 e. The molecule has 98 valence electrons. The topological polar surface area (TPSA) is 49.3 Å². The van der Waals surface area contributed by atoms with Gasteiger partial charge < -0.3 is 10.4 Å². The fraction of sp³-hybridized carbons (Fsp3) is 0.133. The third-order valence-corrected chi connectivity index (χ3v) is 3.60. The summed E-state index contributed by atoms with van der Waals surface area (Å²) in [5.74, 6) is -0.106. The molecule has 0 unspecified atom stereocenters. The molecule has 1 amide bonds. The predicted molar refractivity (Wildman–Crippen MR) is 84.7 cm³/mol. The van der Waals surface area contributed by atoms with Crippen LogP contribution in [0.15, 0.2) is 36.4 Å². The maximum absolute atomic E-state index is 12.1. The number of halogens is 1. The number of rotatable bonds is 2. The van der Waals surface area contributed by atoms with Crippen molar-refractivity contribution in [2.75, 3.05) is 5.32 Å². The van der Waals surface area contributed by atoms with Crippen molar-refractivity contribution in [2.24, 2.45) is 0 Å². The molecule has 0 saturated carbocycles. The Bertz CT molecular complexity index is 618. The largest absolute Gasteiger partial charge is 0.507 e. The van der Waals surface area contributed by atoms with E-state index in [-0.39, 0.29) is 11.7 Å². The van der Waals surface area contributed by atoms with Crippen LogP contribution in [0, 0.1) is 17.4 Å². The maximum Gasteiger partial charge on any atom is 0.255 e. The van der Waals surface area contributed by atoms with Gasteiger partial charge in [-0.3, -0.25) is 4.79 Å². The van der Waals surface area contributed by atoms with Gasteiger partial charge in [0.15, 0.2) is 0 Å². The van der Waals surface area contributed by atoms with Crippen LogP contribution in [-0.4, -0.2) is 11.0 Å². The van der Waals surface area contributed by atoms with Crippen LogP contribution in [0.3, 0.4) is 0 Å². The molecule has 2 aromatic carbocycles. The van der Waals surface area contributed by atoms with E-state index in [1.807, 2.05) is 54.6 Å². The maximum atomic E-state index is 12.1. The smallest absolute Gasteiger partial charge is 0.255 e. The number of hydrogen-bond donors (Lipinski definition) is 2. The number of nitrogens with one attached hydrogen (secondary N) is 1. The fourth-order valence-electron chi connectivity index (χ4n) is 1.90. The van der Waals surface area contributed by atoms with Gasteiger partial charge in [0.1, 0.15) is 5.75 Å². The molecule has 0 aliphatic rings. The van der Waals surface area contributed by atoms with Crippen LogP contribution in [0.5, 0.6) is 5.75 Å². The summed E-state index contributed by atoms with van der Waals surface area (Å²) in [7, 11) is 0. The molecule has 19 heavy (non-hydrogen) atoms. The van der Waals surface area contributed by atoms with Gasteiger partial charge in [-0.15, -0.1) is 0 Å². The van der Waals surface area contributed by atoms with Crippen LogP contribution < -0.4 is 5.32 Å². The number of aryl methyl sites for hydroxylation is 2. The lowest BCUT2D eigenvalue weighted by Crippen LogP contribution is -2.12. The quantitative estimate of drug-likeness (QED) is 0.792. The first-order valence-electron chi connectivity index (χ1n) is 5.84. The van der Waals surface area contributed by atoms with Crippen LogP contribution in [0.4, 0.5) is 5.69 Å². The summed E-state index contributed by atoms with van der Waals surface area (Å²) in [6.07, 6.45) is 0. The molecule has 0 fully saturated rings. The van der Waals surface area contributed by atoms with Crippen molar-refractivity contribution in [3.63, 3.8) is 0 Å². The van der Waals surface area contributed by atoms with Crippen LogP contribution in [-0.2, 0) is 0 Å². The Balaban J connectivity index is 2.22. The van der Waals surface area contributed by atoms with E-state index < -0.39 is 0 Å². The Morgan fingerprint density at radius 2 is 1.74 bits per heavy atom. The molecule has 0 bridgehead atoms. The fourth-order valence-corrected chi connectivity index (χ4v) is 2.24. The summed E-state index contributed by atoms with van der Waals surface area (Å²) >= 11 is 2.02. The van der Waals surface area contributed by atoms with E-state index >= 15 is 0 Å². The van der Waals surface area contributed by atoms with Gasteiger partial charge in [0.05, 0.1) is 3.57 Å². The molecule has 0 aliphatic heterocycles. The lowest BCUT2D eigenvalue weighted by Gasteiger charge is -2.08. The second-order valence-corrected chi connectivity index (χ2v) is 5.66. The van der Waals surface area contributed by atoms with Crippen LogP contribution in [0.2, 0.25) is 0 Å². The highest BCUT2D eigenvalue weighted by molar-refractivity contribution is 14.1. The summed E-state index contributed by atoms with van der Waals surface area (Å²) < 4.78 is 0.723. The van der Waals surface area contributed by atoms with Gasteiger partial charge in [-0.25, -0.2) is 0 Å². The summed E-state index contributed by atoms with van der Waals surface area (Å²) in [4.78, 5) is 12.1. The molecule has 2 rings (SSSR count). The number of benzene rings is 2. The average molecular weight is 367 g/mol. The second-order valence-electron chi connectivity index (χ2n) is 4.50. The van der Waals surface area contributed by atoms with Crippen LogP contribution in [0.25, 0.3) is 0 Å².